The van der Waals surface area contributed by atoms with Crippen LogP contribution in [0.1, 0.15) is 31.8 Å². The lowest BCUT2D eigenvalue weighted by Crippen LogP contribution is -2.09. The van der Waals surface area contributed by atoms with Crippen LogP contribution in [0.2, 0.25) is 0 Å². The third-order valence-corrected chi connectivity index (χ3v) is 3.98. The molecule has 144 valence electrons. The van der Waals surface area contributed by atoms with Gasteiger partial charge in [0, 0.05) is 0 Å². The van der Waals surface area contributed by atoms with Crippen LogP contribution >= 0.6 is 0 Å². The number of carbonyl (C=O) groups is 2. The maximum absolute atomic E-state index is 12.0. The molecule has 0 aliphatic carbocycles. The molecular formula is C19H22N2O6. The Balaban J connectivity index is 2.51. The quantitative estimate of drug-likeness (QED) is 0.581. The molecule has 0 aromatic heterocycles. The Morgan fingerprint density at radius 3 is 1.41 bits per heavy atom. The third-order valence-electron chi connectivity index (χ3n) is 3.98. The van der Waals surface area contributed by atoms with Gasteiger partial charge in [-0.05, 0) is 41.8 Å². The van der Waals surface area contributed by atoms with Gasteiger partial charge in [-0.15, -0.1) is 0 Å². The van der Waals surface area contributed by atoms with Crippen molar-refractivity contribution in [3.63, 3.8) is 0 Å². The minimum Gasteiger partial charge on any atom is -0.494 e. The number of nitrogens with two attached hydrogens (primary N) is 2. The molecule has 0 aliphatic heterocycles. The monoisotopic (exact) mass is 374 g/mol. The normalized spacial score (nSPS) is 10.2. The van der Waals surface area contributed by atoms with Crippen LogP contribution in [0.3, 0.4) is 0 Å². The molecule has 0 saturated carbocycles. The summed E-state index contributed by atoms with van der Waals surface area (Å²) in [6.45, 7) is 0. The maximum atomic E-state index is 12.0. The number of carbonyl (C=O) groups excluding carboxylic acids is 2. The Kier molecular flexibility index (Phi) is 6.12. The molecule has 0 radical (unpaired) electrons. The standard InChI is InChI=1S/C19H22N2O6/c1-24-16-12(18(22)26-3)6-10(8-14(16)20)5-11-7-13(19(23)27-4)17(25-2)15(21)9-11/h6-9H,5,20-21H2,1-4H3. The number of benzene rings is 2. The van der Waals surface area contributed by atoms with Crippen molar-refractivity contribution in [3.05, 3.63) is 46.5 Å². The zero-order valence-electron chi connectivity index (χ0n) is 15.6. The van der Waals surface area contributed by atoms with E-state index in [-0.39, 0.29) is 22.6 Å². The first-order valence-corrected chi connectivity index (χ1v) is 7.95. The van der Waals surface area contributed by atoms with Crippen molar-refractivity contribution >= 4 is 23.3 Å². The first-order chi connectivity index (χ1) is 12.9. The van der Waals surface area contributed by atoms with E-state index in [1.807, 2.05) is 0 Å². The van der Waals surface area contributed by atoms with E-state index in [0.717, 1.165) is 0 Å². The number of rotatable bonds is 6. The summed E-state index contributed by atoms with van der Waals surface area (Å²) in [4.78, 5) is 24.0. The number of methoxy groups -OCH3 is 4. The molecule has 27 heavy (non-hydrogen) atoms. The van der Waals surface area contributed by atoms with Gasteiger partial charge in [0.2, 0.25) is 0 Å². The van der Waals surface area contributed by atoms with Crippen LogP contribution < -0.4 is 20.9 Å². The van der Waals surface area contributed by atoms with Crippen molar-refractivity contribution in [2.45, 2.75) is 6.42 Å². The van der Waals surface area contributed by atoms with E-state index < -0.39 is 11.9 Å². The van der Waals surface area contributed by atoms with Crippen LogP contribution in [-0.2, 0) is 15.9 Å². The van der Waals surface area contributed by atoms with Crippen molar-refractivity contribution in [2.24, 2.45) is 0 Å². The molecule has 4 N–H and O–H groups in total. The number of ether oxygens (including phenoxy) is 4. The SMILES string of the molecule is COC(=O)c1cc(Cc2cc(N)c(OC)c(C(=O)OC)c2)cc(N)c1OC. The zero-order valence-corrected chi connectivity index (χ0v) is 15.6. The van der Waals surface area contributed by atoms with E-state index in [1.165, 1.54) is 28.4 Å². The molecule has 0 aliphatic rings. The summed E-state index contributed by atoms with van der Waals surface area (Å²) in [5.41, 5.74) is 14.5. The van der Waals surface area contributed by atoms with Gasteiger partial charge in [0.1, 0.15) is 11.1 Å². The summed E-state index contributed by atoms with van der Waals surface area (Å²) in [5, 5.41) is 0. The van der Waals surface area contributed by atoms with E-state index in [0.29, 0.717) is 28.9 Å². The third kappa shape index (κ3) is 4.05. The van der Waals surface area contributed by atoms with Gasteiger partial charge >= 0.3 is 11.9 Å². The molecule has 0 atom stereocenters. The minimum atomic E-state index is -0.565. The fourth-order valence-corrected chi connectivity index (χ4v) is 2.85. The predicted molar refractivity (Wildman–Crippen MR) is 100 cm³/mol. The molecule has 0 heterocycles. The summed E-state index contributed by atoms with van der Waals surface area (Å²) in [6, 6.07) is 6.62. The number of hydrogen-bond acceptors (Lipinski definition) is 8. The van der Waals surface area contributed by atoms with Gasteiger partial charge in [0.05, 0.1) is 39.8 Å². The highest BCUT2D eigenvalue weighted by atomic mass is 16.5. The number of nitrogen functional groups attached to an aromatic ring is 2. The Morgan fingerprint density at radius 2 is 1.11 bits per heavy atom. The van der Waals surface area contributed by atoms with E-state index in [9.17, 15) is 9.59 Å². The topological polar surface area (TPSA) is 123 Å². The summed E-state index contributed by atoms with van der Waals surface area (Å²) >= 11 is 0. The first kappa shape index (κ1) is 19.9. The molecule has 0 fully saturated rings. The summed E-state index contributed by atoms with van der Waals surface area (Å²) in [5.74, 6) is -0.639. The van der Waals surface area contributed by atoms with Crippen molar-refractivity contribution in [2.75, 3.05) is 39.9 Å². The van der Waals surface area contributed by atoms with E-state index in [1.54, 1.807) is 24.3 Å². The van der Waals surface area contributed by atoms with Crippen molar-refractivity contribution in [1.29, 1.82) is 0 Å². The van der Waals surface area contributed by atoms with Gasteiger partial charge in [-0.1, -0.05) is 0 Å². The van der Waals surface area contributed by atoms with Gasteiger partial charge in [0.25, 0.3) is 0 Å². The number of hydrogen-bond donors (Lipinski definition) is 2. The van der Waals surface area contributed by atoms with Crippen LogP contribution in [0.15, 0.2) is 24.3 Å². The zero-order chi connectivity index (χ0) is 20.1. The van der Waals surface area contributed by atoms with Crippen molar-refractivity contribution in [1.82, 2.24) is 0 Å². The Labute approximate surface area is 157 Å². The van der Waals surface area contributed by atoms with Gasteiger partial charge in [-0.25, -0.2) is 9.59 Å². The van der Waals surface area contributed by atoms with Gasteiger partial charge < -0.3 is 30.4 Å². The summed E-state index contributed by atoms with van der Waals surface area (Å²) in [7, 11) is 5.39. The van der Waals surface area contributed by atoms with Crippen molar-refractivity contribution < 1.29 is 28.5 Å². The van der Waals surface area contributed by atoms with Gasteiger partial charge in [-0.3, -0.25) is 0 Å². The van der Waals surface area contributed by atoms with Crippen LogP contribution in [0.4, 0.5) is 11.4 Å². The Bertz CT molecular complexity index is 807. The molecule has 2 aromatic carbocycles. The van der Waals surface area contributed by atoms with E-state index >= 15 is 0 Å². The van der Waals surface area contributed by atoms with Crippen LogP contribution in [0.5, 0.6) is 11.5 Å². The lowest BCUT2D eigenvalue weighted by Gasteiger charge is -2.14. The number of anilines is 2. The van der Waals surface area contributed by atoms with E-state index in [4.69, 9.17) is 30.4 Å². The molecule has 0 spiro atoms. The molecule has 2 aromatic rings. The molecular weight excluding hydrogens is 352 g/mol. The molecule has 0 amide bonds. The van der Waals surface area contributed by atoms with Crippen LogP contribution in [0.25, 0.3) is 0 Å². The average molecular weight is 374 g/mol. The molecule has 0 saturated heterocycles. The fourth-order valence-electron chi connectivity index (χ4n) is 2.85. The molecule has 0 bridgehead atoms. The second kappa shape index (κ2) is 8.31. The molecule has 0 unspecified atom stereocenters. The number of esters is 2. The highest BCUT2D eigenvalue weighted by Gasteiger charge is 2.20. The molecule has 2 rings (SSSR count). The second-order valence-corrected chi connectivity index (χ2v) is 5.69. The summed E-state index contributed by atoms with van der Waals surface area (Å²) in [6.07, 6.45) is 0.358. The van der Waals surface area contributed by atoms with E-state index in [2.05, 4.69) is 0 Å². The first-order valence-electron chi connectivity index (χ1n) is 7.95. The highest BCUT2D eigenvalue weighted by Crippen LogP contribution is 2.32. The predicted octanol–water partition coefficient (Wildman–Crippen LogP) is 2.03. The van der Waals surface area contributed by atoms with Crippen molar-refractivity contribution in [3.8, 4) is 11.5 Å². The largest absolute Gasteiger partial charge is 0.494 e. The highest BCUT2D eigenvalue weighted by molar-refractivity contribution is 5.96. The van der Waals surface area contributed by atoms with Gasteiger partial charge in [0.15, 0.2) is 11.5 Å². The van der Waals surface area contributed by atoms with Gasteiger partial charge in [-0.2, -0.15) is 0 Å². The van der Waals surface area contributed by atoms with Crippen LogP contribution in [-0.4, -0.2) is 40.4 Å². The average Bonchev–Trinajstić information content (AvgIpc) is 2.65. The Morgan fingerprint density at radius 1 is 0.741 bits per heavy atom. The lowest BCUT2D eigenvalue weighted by atomic mass is 9.98. The molecule has 8 heteroatoms. The fraction of sp³-hybridized carbons (Fsp3) is 0.263. The lowest BCUT2D eigenvalue weighted by molar-refractivity contribution is 0.0588. The summed E-state index contributed by atoms with van der Waals surface area (Å²) < 4.78 is 20.0. The minimum absolute atomic E-state index is 0.213. The maximum Gasteiger partial charge on any atom is 0.341 e. The smallest absolute Gasteiger partial charge is 0.341 e. The van der Waals surface area contributed by atoms with Crippen LogP contribution in [0, 0.1) is 0 Å². The Hall–Kier alpha value is -3.42. The molecule has 8 nitrogen and oxygen atoms in total. The second-order valence-electron chi connectivity index (χ2n) is 5.69.